The zero-order chi connectivity index (χ0) is 21.3. The van der Waals surface area contributed by atoms with Crippen molar-refractivity contribution >= 4 is 16.7 Å². The molecule has 0 saturated carbocycles. The summed E-state index contributed by atoms with van der Waals surface area (Å²) in [6.45, 7) is 0.0705. The number of likely N-dealkylation sites (tertiary alicyclic amines) is 1. The molecule has 0 bridgehead atoms. The van der Waals surface area contributed by atoms with Crippen LogP contribution in [0.5, 0.6) is 5.75 Å². The molecule has 156 valence electrons. The van der Waals surface area contributed by atoms with Crippen LogP contribution < -0.4 is 4.74 Å². The lowest BCUT2D eigenvalue weighted by atomic mass is 10.0. The molecule has 0 spiro atoms. The van der Waals surface area contributed by atoms with Gasteiger partial charge in [0.05, 0.1) is 17.7 Å². The third-order valence-electron chi connectivity index (χ3n) is 5.19. The highest BCUT2D eigenvalue weighted by Crippen LogP contribution is 2.33. The molecule has 1 fully saturated rings. The monoisotopic (exact) mass is 416 g/mol. The number of carbonyl (C=O) groups excluding carboxylic acids is 1. The molecular formula is C22H19F3N2O3. The molecule has 0 aliphatic carbocycles. The fourth-order valence-electron chi connectivity index (χ4n) is 3.68. The molecule has 8 heteroatoms. The highest BCUT2D eigenvalue weighted by Gasteiger charge is 2.38. The van der Waals surface area contributed by atoms with Crippen molar-refractivity contribution in [3.05, 3.63) is 72.1 Å². The standard InChI is InChI=1S/C22H19F3N2O3/c23-22(24,25)17-6-2-1-5-16(17)21(29)27-11-9-20(18(28)13-27)30-19-7-3-4-14-12-26-10-8-15(14)19/h1-8,10,12,18,20,28H,9,11,13H2/t18-,20-/m1/s1. The van der Waals surface area contributed by atoms with Gasteiger partial charge in [0, 0.05) is 36.1 Å². The van der Waals surface area contributed by atoms with Crippen molar-refractivity contribution in [3.63, 3.8) is 0 Å². The van der Waals surface area contributed by atoms with Crippen LogP contribution in [0.3, 0.4) is 0 Å². The summed E-state index contributed by atoms with van der Waals surface area (Å²) in [5.41, 5.74) is -1.40. The summed E-state index contributed by atoms with van der Waals surface area (Å²) in [7, 11) is 0. The zero-order valence-corrected chi connectivity index (χ0v) is 15.8. The van der Waals surface area contributed by atoms with Gasteiger partial charge in [0.1, 0.15) is 18.0 Å². The number of aliphatic hydroxyl groups excluding tert-OH is 1. The number of amides is 1. The summed E-state index contributed by atoms with van der Waals surface area (Å²) in [5.74, 6) is -0.169. The average Bonchev–Trinajstić information content (AvgIpc) is 2.74. The summed E-state index contributed by atoms with van der Waals surface area (Å²) in [6, 6.07) is 12.0. The van der Waals surface area contributed by atoms with Gasteiger partial charge >= 0.3 is 6.18 Å². The van der Waals surface area contributed by atoms with Gasteiger partial charge in [-0.15, -0.1) is 0 Å². The van der Waals surface area contributed by atoms with Crippen LogP contribution in [0.2, 0.25) is 0 Å². The maximum absolute atomic E-state index is 13.2. The minimum atomic E-state index is -4.63. The largest absolute Gasteiger partial charge is 0.487 e. The third-order valence-corrected chi connectivity index (χ3v) is 5.19. The second-order valence-corrected chi connectivity index (χ2v) is 7.16. The van der Waals surface area contributed by atoms with Gasteiger partial charge in [-0.1, -0.05) is 24.3 Å². The highest BCUT2D eigenvalue weighted by molar-refractivity contribution is 5.96. The summed E-state index contributed by atoms with van der Waals surface area (Å²) in [6.07, 6.45) is -2.59. The predicted octanol–water partition coefficient (Wildman–Crippen LogP) is 3.91. The fraction of sp³-hybridized carbons (Fsp3) is 0.273. The molecule has 2 aromatic carbocycles. The predicted molar refractivity (Wildman–Crippen MR) is 104 cm³/mol. The van der Waals surface area contributed by atoms with E-state index in [0.29, 0.717) is 12.2 Å². The van der Waals surface area contributed by atoms with E-state index in [4.69, 9.17) is 4.74 Å². The summed E-state index contributed by atoms with van der Waals surface area (Å²) in [4.78, 5) is 18.0. The lowest BCUT2D eigenvalue weighted by molar-refractivity contribution is -0.138. The molecule has 4 rings (SSSR count). The Morgan fingerprint density at radius 2 is 1.93 bits per heavy atom. The van der Waals surface area contributed by atoms with Crippen molar-refractivity contribution in [1.29, 1.82) is 0 Å². The molecule has 1 saturated heterocycles. The van der Waals surface area contributed by atoms with Crippen LogP contribution in [-0.2, 0) is 6.18 Å². The molecule has 2 heterocycles. The van der Waals surface area contributed by atoms with E-state index in [-0.39, 0.29) is 13.1 Å². The third kappa shape index (κ3) is 3.95. The summed E-state index contributed by atoms with van der Waals surface area (Å²) in [5, 5.41) is 12.3. The molecule has 1 aliphatic rings. The molecular weight excluding hydrogens is 397 g/mol. The Labute approximate surface area is 170 Å². The van der Waals surface area contributed by atoms with Crippen LogP contribution in [0, 0.1) is 0 Å². The number of fused-ring (bicyclic) bond motifs is 1. The number of hydrogen-bond acceptors (Lipinski definition) is 4. The van der Waals surface area contributed by atoms with Gasteiger partial charge in [-0.05, 0) is 24.3 Å². The molecule has 1 aromatic heterocycles. The quantitative estimate of drug-likeness (QED) is 0.703. The number of carbonyl (C=O) groups is 1. The van der Waals surface area contributed by atoms with Crippen molar-refractivity contribution < 1.29 is 27.8 Å². The zero-order valence-electron chi connectivity index (χ0n) is 15.8. The lowest BCUT2D eigenvalue weighted by Gasteiger charge is -2.36. The van der Waals surface area contributed by atoms with E-state index in [1.54, 1.807) is 18.5 Å². The Bertz CT molecular complexity index is 1070. The lowest BCUT2D eigenvalue weighted by Crippen LogP contribution is -2.51. The summed E-state index contributed by atoms with van der Waals surface area (Å²) < 4.78 is 45.7. The second kappa shape index (κ2) is 7.95. The number of aliphatic hydroxyl groups is 1. The first kappa shape index (κ1) is 20.2. The second-order valence-electron chi connectivity index (χ2n) is 7.16. The molecule has 1 amide bonds. The number of halogens is 3. The molecule has 2 atom stereocenters. The minimum absolute atomic E-state index is 0.109. The molecule has 0 unspecified atom stereocenters. The topological polar surface area (TPSA) is 62.7 Å². The Morgan fingerprint density at radius 3 is 2.70 bits per heavy atom. The van der Waals surface area contributed by atoms with Gasteiger partial charge in [-0.25, -0.2) is 0 Å². The fourth-order valence-corrected chi connectivity index (χ4v) is 3.68. The van der Waals surface area contributed by atoms with Crippen molar-refractivity contribution in [2.75, 3.05) is 13.1 Å². The van der Waals surface area contributed by atoms with Crippen LogP contribution in [0.15, 0.2) is 60.9 Å². The van der Waals surface area contributed by atoms with Crippen LogP contribution in [-0.4, -0.2) is 46.2 Å². The van der Waals surface area contributed by atoms with Crippen LogP contribution in [0.4, 0.5) is 13.2 Å². The first-order chi connectivity index (χ1) is 14.3. The van der Waals surface area contributed by atoms with Gasteiger partial charge in [-0.2, -0.15) is 13.2 Å². The number of piperidine rings is 1. The highest BCUT2D eigenvalue weighted by atomic mass is 19.4. The Morgan fingerprint density at radius 1 is 1.13 bits per heavy atom. The van der Waals surface area contributed by atoms with E-state index in [1.807, 2.05) is 18.2 Å². The van der Waals surface area contributed by atoms with Crippen molar-refractivity contribution in [3.8, 4) is 5.75 Å². The van der Waals surface area contributed by atoms with Gasteiger partial charge in [0.15, 0.2) is 0 Å². The molecule has 1 N–H and O–H groups in total. The van der Waals surface area contributed by atoms with Crippen molar-refractivity contribution in [2.45, 2.75) is 24.8 Å². The van der Waals surface area contributed by atoms with Crippen molar-refractivity contribution in [2.24, 2.45) is 0 Å². The first-order valence-corrected chi connectivity index (χ1v) is 9.47. The van der Waals surface area contributed by atoms with Gasteiger partial charge < -0.3 is 14.7 Å². The number of hydrogen-bond donors (Lipinski definition) is 1. The van der Waals surface area contributed by atoms with Gasteiger partial charge in [-0.3, -0.25) is 9.78 Å². The van der Waals surface area contributed by atoms with E-state index in [2.05, 4.69) is 4.98 Å². The van der Waals surface area contributed by atoms with E-state index < -0.39 is 35.4 Å². The number of ether oxygens (including phenoxy) is 1. The summed E-state index contributed by atoms with van der Waals surface area (Å²) >= 11 is 0. The minimum Gasteiger partial charge on any atom is -0.487 e. The Balaban J connectivity index is 1.49. The number of β-amino-alcohol motifs (C(OH)–C–C–N with tert-alkyl or cyclic N) is 1. The number of alkyl halides is 3. The number of nitrogens with zero attached hydrogens (tertiary/aromatic N) is 2. The van der Waals surface area contributed by atoms with E-state index in [1.165, 1.54) is 17.0 Å². The number of benzene rings is 2. The maximum Gasteiger partial charge on any atom is 0.417 e. The maximum atomic E-state index is 13.2. The van der Waals surface area contributed by atoms with Crippen LogP contribution in [0.25, 0.3) is 10.8 Å². The van der Waals surface area contributed by atoms with Crippen LogP contribution >= 0.6 is 0 Å². The Hall–Kier alpha value is -3.13. The van der Waals surface area contributed by atoms with E-state index in [0.717, 1.165) is 22.9 Å². The van der Waals surface area contributed by atoms with Crippen molar-refractivity contribution in [1.82, 2.24) is 9.88 Å². The van der Waals surface area contributed by atoms with E-state index >= 15 is 0 Å². The molecule has 0 radical (unpaired) electrons. The SMILES string of the molecule is O=C(c1ccccc1C(F)(F)F)N1CC[C@@H](Oc2cccc3cnccc23)[C@H](O)C1. The Kier molecular flexibility index (Phi) is 5.34. The molecule has 5 nitrogen and oxygen atoms in total. The number of aromatic nitrogens is 1. The molecule has 3 aromatic rings. The van der Waals surface area contributed by atoms with E-state index in [9.17, 15) is 23.1 Å². The number of pyridine rings is 1. The first-order valence-electron chi connectivity index (χ1n) is 9.47. The molecule has 1 aliphatic heterocycles. The van der Waals surface area contributed by atoms with Gasteiger partial charge in [0.2, 0.25) is 0 Å². The number of rotatable bonds is 3. The average molecular weight is 416 g/mol. The smallest absolute Gasteiger partial charge is 0.417 e. The van der Waals surface area contributed by atoms with Crippen LogP contribution in [0.1, 0.15) is 22.3 Å². The molecule has 30 heavy (non-hydrogen) atoms. The van der Waals surface area contributed by atoms with Gasteiger partial charge in [0.25, 0.3) is 5.91 Å². The normalized spacial score (nSPS) is 19.7.